The van der Waals surface area contributed by atoms with Gasteiger partial charge in [-0.25, -0.2) is 4.79 Å². The van der Waals surface area contributed by atoms with Gasteiger partial charge in [-0.15, -0.1) is 0 Å². The van der Waals surface area contributed by atoms with Gasteiger partial charge in [0.1, 0.15) is 5.75 Å². The lowest BCUT2D eigenvalue weighted by Gasteiger charge is -2.09. The number of hydrogen-bond donors (Lipinski definition) is 4. The Bertz CT molecular complexity index is 819. The quantitative estimate of drug-likeness (QED) is 0.489. The van der Waals surface area contributed by atoms with E-state index < -0.39 is 12.0 Å². The van der Waals surface area contributed by atoms with Crippen LogP contribution in [0, 0.1) is 6.92 Å². The van der Waals surface area contributed by atoms with Crippen molar-refractivity contribution in [2.45, 2.75) is 19.8 Å². The lowest BCUT2D eigenvalue weighted by atomic mass is 10.1. The van der Waals surface area contributed by atoms with Gasteiger partial charge < -0.3 is 25.8 Å². The molecule has 2 aromatic carbocycles. The van der Waals surface area contributed by atoms with Crippen LogP contribution in [0.3, 0.4) is 0 Å². The van der Waals surface area contributed by atoms with Crippen LogP contribution in [0.2, 0.25) is 0 Å². The molecule has 8 nitrogen and oxygen atoms in total. The average Bonchev–Trinajstić information content (AvgIpc) is 2.69. The van der Waals surface area contributed by atoms with E-state index >= 15 is 0 Å². The van der Waals surface area contributed by atoms with E-state index in [9.17, 15) is 14.4 Å². The minimum atomic E-state index is -0.958. The first kappa shape index (κ1) is 21.7. The number of aryl methyl sites for hydroxylation is 1. The Balaban J connectivity index is 1.66. The summed E-state index contributed by atoms with van der Waals surface area (Å²) in [5.74, 6) is -0.622. The largest absolute Gasteiger partial charge is 0.484 e. The third kappa shape index (κ3) is 8.79. The van der Waals surface area contributed by atoms with E-state index in [2.05, 4.69) is 16.0 Å². The van der Waals surface area contributed by atoms with Gasteiger partial charge in [0.05, 0.1) is 6.42 Å². The zero-order valence-electron chi connectivity index (χ0n) is 16.2. The van der Waals surface area contributed by atoms with Crippen molar-refractivity contribution in [2.24, 2.45) is 0 Å². The lowest BCUT2D eigenvalue weighted by Crippen LogP contribution is -2.37. The number of carboxylic acids is 1. The van der Waals surface area contributed by atoms with Crippen LogP contribution in [0.5, 0.6) is 5.75 Å². The molecule has 3 amide bonds. The summed E-state index contributed by atoms with van der Waals surface area (Å²) in [6.07, 6.45) is 0.498. The van der Waals surface area contributed by atoms with E-state index in [1.165, 1.54) is 0 Å². The summed E-state index contributed by atoms with van der Waals surface area (Å²) in [6.45, 7) is 2.39. The van der Waals surface area contributed by atoms with Crippen molar-refractivity contribution in [3.8, 4) is 5.75 Å². The number of ether oxygens (including phenoxy) is 1. The maximum absolute atomic E-state index is 11.9. The number of urea groups is 1. The number of hydrogen-bond acceptors (Lipinski definition) is 4. The standard InChI is InChI=1S/C21H25N3O5/c1-15-2-6-17(7-3-15)24-19(25)14-29-18-8-4-16(5-9-18)10-12-22-21(28)23-13-11-20(26)27/h2-9H,10-14H2,1H3,(H,24,25)(H,26,27)(H2,22,23,28). The number of nitrogens with one attached hydrogen (secondary N) is 3. The maximum atomic E-state index is 11.9. The first-order chi connectivity index (χ1) is 13.9. The fourth-order valence-electron chi connectivity index (χ4n) is 2.40. The fraction of sp³-hybridized carbons (Fsp3) is 0.286. The van der Waals surface area contributed by atoms with Crippen molar-refractivity contribution in [2.75, 3.05) is 25.0 Å². The Morgan fingerprint density at radius 3 is 2.24 bits per heavy atom. The number of anilines is 1. The highest BCUT2D eigenvalue weighted by Crippen LogP contribution is 2.13. The molecule has 8 heteroatoms. The first-order valence-electron chi connectivity index (χ1n) is 9.24. The third-order valence-electron chi connectivity index (χ3n) is 3.95. The van der Waals surface area contributed by atoms with Gasteiger partial charge in [0.15, 0.2) is 6.61 Å². The van der Waals surface area contributed by atoms with Crippen molar-refractivity contribution in [1.29, 1.82) is 0 Å². The SMILES string of the molecule is Cc1ccc(NC(=O)COc2ccc(CCNC(=O)NCCC(=O)O)cc2)cc1. The smallest absolute Gasteiger partial charge is 0.314 e. The van der Waals surface area contributed by atoms with Gasteiger partial charge in [-0.2, -0.15) is 0 Å². The van der Waals surface area contributed by atoms with E-state index in [0.717, 1.165) is 16.8 Å². The molecule has 4 N–H and O–H groups in total. The molecule has 0 bridgehead atoms. The Morgan fingerprint density at radius 2 is 1.59 bits per heavy atom. The zero-order chi connectivity index (χ0) is 21.1. The van der Waals surface area contributed by atoms with Crippen molar-refractivity contribution >= 4 is 23.6 Å². The number of amides is 3. The predicted molar refractivity (Wildman–Crippen MR) is 109 cm³/mol. The number of rotatable bonds is 10. The normalized spacial score (nSPS) is 10.1. The van der Waals surface area contributed by atoms with Crippen LogP contribution in [-0.4, -0.2) is 42.7 Å². The summed E-state index contributed by atoms with van der Waals surface area (Å²) in [4.78, 5) is 33.8. The molecule has 0 aliphatic carbocycles. The molecule has 0 atom stereocenters. The summed E-state index contributed by atoms with van der Waals surface area (Å²) in [5.41, 5.74) is 2.83. The first-order valence-corrected chi connectivity index (χ1v) is 9.24. The molecule has 0 fully saturated rings. The molecule has 0 aliphatic rings. The monoisotopic (exact) mass is 399 g/mol. The Kier molecular flexibility index (Phi) is 8.50. The average molecular weight is 399 g/mol. The molecule has 0 aliphatic heterocycles. The molecule has 2 rings (SSSR count). The molecular weight excluding hydrogens is 374 g/mol. The highest BCUT2D eigenvalue weighted by molar-refractivity contribution is 5.91. The molecule has 0 spiro atoms. The van der Waals surface area contributed by atoms with Crippen molar-refractivity contribution < 1.29 is 24.2 Å². The zero-order valence-corrected chi connectivity index (χ0v) is 16.2. The van der Waals surface area contributed by atoms with E-state index in [1.54, 1.807) is 12.1 Å². The molecule has 0 saturated carbocycles. The van der Waals surface area contributed by atoms with Crippen LogP contribution in [0.1, 0.15) is 17.5 Å². The van der Waals surface area contributed by atoms with Crippen molar-refractivity contribution in [3.63, 3.8) is 0 Å². The molecule has 0 saturated heterocycles. The maximum Gasteiger partial charge on any atom is 0.314 e. The van der Waals surface area contributed by atoms with Gasteiger partial charge in [-0.3, -0.25) is 9.59 Å². The van der Waals surface area contributed by atoms with E-state index in [4.69, 9.17) is 9.84 Å². The van der Waals surface area contributed by atoms with Crippen molar-refractivity contribution in [1.82, 2.24) is 10.6 Å². The van der Waals surface area contributed by atoms with E-state index in [0.29, 0.717) is 18.7 Å². The number of carbonyl (C=O) groups is 3. The number of aliphatic carboxylic acids is 1. The summed E-state index contributed by atoms with van der Waals surface area (Å²) in [6, 6.07) is 14.4. The number of carbonyl (C=O) groups excluding carboxylic acids is 2. The summed E-state index contributed by atoms with van der Waals surface area (Å²) < 4.78 is 5.49. The summed E-state index contributed by atoms with van der Waals surface area (Å²) in [7, 11) is 0. The van der Waals surface area contributed by atoms with Gasteiger partial charge in [0.25, 0.3) is 5.91 Å². The minimum absolute atomic E-state index is 0.0880. The molecule has 0 aromatic heterocycles. The summed E-state index contributed by atoms with van der Waals surface area (Å²) >= 11 is 0. The van der Waals surface area contributed by atoms with Crippen molar-refractivity contribution in [3.05, 3.63) is 59.7 Å². The lowest BCUT2D eigenvalue weighted by molar-refractivity contribution is -0.136. The van der Waals surface area contributed by atoms with E-state index in [-0.39, 0.29) is 25.5 Å². The minimum Gasteiger partial charge on any atom is -0.484 e. The highest BCUT2D eigenvalue weighted by Gasteiger charge is 2.05. The van der Waals surface area contributed by atoms with Gasteiger partial charge in [-0.1, -0.05) is 29.8 Å². The van der Waals surface area contributed by atoms with Crippen LogP contribution in [0.25, 0.3) is 0 Å². The molecular formula is C21H25N3O5. The van der Waals surface area contributed by atoms with Crippen LogP contribution < -0.4 is 20.7 Å². The number of benzene rings is 2. The van der Waals surface area contributed by atoms with Gasteiger partial charge >= 0.3 is 12.0 Å². The molecule has 0 radical (unpaired) electrons. The highest BCUT2D eigenvalue weighted by atomic mass is 16.5. The molecule has 0 heterocycles. The fourth-order valence-corrected chi connectivity index (χ4v) is 2.40. The Morgan fingerprint density at radius 1 is 0.931 bits per heavy atom. The Hall–Kier alpha value is -3.55. The van der Waals surface area contributed by atoms with Gasteiger partial charge in [0, 0.05) is 18.8 Å². The second kappa shape index (κ2) is 11.3. The van der Waals surface area contributed by atoms with Crippen LogP contribution in [-0.2, 0) is 16.0 Å². The number of carboxylic acid groups (broad SMARTS) is 1. The second-order valence-electron chi connectivity index (χ2n) is 6.42. The van der Waals surface area contributed by atoms with E-state index in [1.807, 2.05) is 43.3 Å². The van der Waals surface area contributed by atoms with Gasteiger partial charge in [0.2, 0.25) is 0 Å². The van der Waals surface area contributed by atoms with Crippen LogP contribution in [0.4, 0.5) is 10.5 Å². The van der Waals surface area contributed by atoms with Crippen LogP contribution in [0.15, 0.2) is 48.5 Å². The topological polar surface area (TPSA) is 117 Å². The third-order valence-corrected chi connectivity index (χ3v) is 3.95. The van der Waals surface area contributed by atoms with Gasteiger partial charge in [-0.05, 0) is 43.2 Å². The summed E-state index contributed by atoms with van der Waals surface area (Å²) in [5, 5.41) is 16.4. The molecule has 2 aromatic rings. The predicted octanol–water partition coefficient (Wildman–Crippen LogP) is 2.33. The Labute approximate surface area is 169 Å². The molecule has 0 unspecified atom stereocenters. The molecule has 29 heavy (non-hydrogen) atoms. The molecule has 154 valence electrons. The second-order valence-corrected chi connectivity index (χ2v) is 6.42. The van der Waals surface area contributed by atoms with Crippen LogP contribution >= 0.6 is 0 Å².